The molecule has 3 rings (SSSR count). The number of benzene rings is 1. The molecule has 1 atom stereocenters. The number of carbonyl (C=O) groups is 3. The van der Waals surface area contributed by atoms with E-state index in [1.807, 2.05) is 31.2 Å². The molecule has 232 valence electrons. The zero-order chi connectivity index (χ0) is 31.4. The lowest BCUT2D eigenvalue weighted by Crippen LogP contribution is -2.41. The van der Waals surface area contributed by atoms with Crippen molar-refractivity contribution in [2.45, 2.75) is 64.6 Å². The number of unbranched alkanes of at least 4 members (excludes halogenated alkanes) is 1. The molecule has 0 aliphatic rings. The molecule has 0 fully saturated rings. The highest BCUT2D eigenvalue weighted by molar-refractivity contribution is 5.87. The Morgan fingerprint density at radius 3 is 2.44 bits per heavy atom. The number of fused-ring (bicyclic) bond motifs is 1. The lowest BCUT2D eigenvalue weighted by molar-refractivity contribution is -0.142. The van der Waals surface area contributed by atoms with Crippen molar-refractivity contribution in [1.82, 2.24) is 30.2 Å². The average Bonchev–Trinajstić information content (AvgIpc) is 3.28. The number of rotatable bonds is 18. The minimum Gasteiger partial charge on any atom is -0.480 e. The molecule has 14 nitrogen and oxygen atoms in total. The number of aromatic nitrogens is 4. The largest absolute Gasteiger partial charge is 0.480 e. The van der Waals surface area contributed by atoms with Crippen LogP contribution in [0.2, 0.25) is 0 Å². The van der Waals surface area contributed by atoms with Crippen LogP contribution >= 0.6 is 0 Å². The Kier molecular flexibility index (Phi) is 12.2. The van der Waals surface area contributed by atoms with Crippen LogP contribution in [0.3, 0.4) is 0 Å². The van der Waals surface area contributed by atoms with Crippen LogP contribution in [0.5, 0.6) is 6.01 Å². The SMILES string of the molecule is C=C(C)CCCCC(NC(=O)CCC(=O)NCc1ccc(Cn2c(=O)[nH]c3c(N)nc(OCCOC)nc32)cc1)C(=O)O. The van der Waals surface area contributed by atoms with Crippen molar-refractivity contribution in [2.75, 3.05) is 26.1 Å². The van der Waals surface area contributed by atoms with Crippen molar-refractivity contribution >= 4 is 34.8 Å². The van der Waals surface area contributed by atoms with E-state index in [9.17, 15) is 24.3 Å². The number of allylic oxidation sites excluding steroid dienone is 1. The molecule has 6 N–H and O–H groups in total. The summed E-state index contributed by atoms with van der Waals surface area (Å²) in [6, 6.07) is 6.33. The van der Waals surface area contributed by atoms with Crippen LogP contribution in [0.1, 0.15) is 56.6 Å². The van der Waals surface area contributed by atoms with Crippen LogP contribution in [0.25, 0.3) is 11.2 Å². The van der Waals surface area contributed by atoms with Gasteiger partial charge in [0.1, 0.15) is 18.2 Å². The molecule has 0 aliphatic heterocycles. The van der Waals surface area contributed by atoms with Crippen molar-refractivity contribution in [3.8, 4) is 6.01 Å². The minimum absolute atomic E-state index is 0.0365. The summed E-state index contributed by atoms with van der Waals surface area (Å²) in [6.07, 6.45) is 2.39. The van der Waals surface area contributed by atoms with Gasteiger partial charge in [0.15, 0.2) is 11.5 Å². The standard InChI is InChI=1S/C29H39N7O7/c1-18(2)6-4-5-7-21(27(39)40)32-23(38)13-12-22(37)31-16-19-8-10-20(11-9-19)17-36-26-24(33-29(36)41)25(30)34-28(35-26)43-15-14-42-3/h8-11,21H,1,4-7,12-17H2,2-3H3,(H,31,37)(H,32,38)(H,33,41)(H,39,40)(H2,30,34,35). The normalized spacial score (nSPS) is 11.7. The van der Waals surface area contributed by atoms with Crippen molar-refractivity contribution < 1.29 is 29.0 Å². The van der Waals surface area contributed by atoms with E-state index >= 15 is 0 Å². The highest BCUT2D eigenvalue weighted by atomic mass is 16.5. The fourth-order valence-electron chi connectivity index (χ4n) is 4.22. The summed E-state index contributed by atoms with van der Waals surface area (Å²) in [6.45, 7) is 6.75. The number of nitrogen functional groups attached to an aromatic ring is 1. The third-order valence-electron chi connectivity index (χ3n) is 6.56. The minimum atomic E-state index is -1.10. The molecule has 0 aliphatic carbocycles. The summed E-state index contributed by atoms with van der Waals surface area (Å²) in [5.41, 5.74) is 8.86. The summed E-state index contributed by atoms with van der Waals surface area (Å²) in [5.74, 6) is -1.83. The third kappa shape index (κ3) is 10.3. The van der Waals surface area contributed by atoms with Crippen molar-refractivity contribution in [2.24, 2.45) is 0 Å². The summed E-state index contributed by atoms with van der Waals surface area (Å²) in [4.78, 5) is 59.7. The Hall–Kier alpha value is -4.72. The first-order valence-electron chi connectivity index (χ1n) is 14.0. The van der Waals surface area contributed by atoms with Gasteiger partial charge in [0.25, 0.3) is 0 Å². The summed E-state index contributed by atoms with van der Waals surface area (Å²) in [5, 5.41) is 14.6. The number of imidazole rings is 1. The third-order valence-corrected chi connectivity index (χ3v) is 6.56. The van der Waals surface area contributed by atoms with Gasteiger partial charge in [-0.2, -0.15) is 9.97 Å². The second-order valence-electron chi connectivity index (χ2n) is 10.2. The first-order valence-corrected chi connectivity index (χ1v) is 14.0. The second kappa shape index (κ2) is 16.1. The number of carboxylic acids is 1. The highest BCUT2D eigenvalue weighted by Crippen LogP contribution is 2.19. The molecule has 2 amide bonds. The van der Waals surface area contributed by atoms with E-state index in [1.165, 1.54) is 4.57 Å². The van der Waals surface area contributed by atoms with Gasteiger partial charge in [0.2, 0.25) is 11.8 Å². The Morgan fingerprint density at radius 1 is 1.07 bits per heavy atom. The molecule has 0 bridgehead atoms. The molecule has 1 aromatic carbocycles. The molecule has 2 aromatic heterocycles. The number of hydrogen-bond donors (Lipinski definition) is 5. The Balaban J connectivity index is 1.49. The number of carboxylic acid groups (broad SMARTS) is 1. The first-order chi connectivity index (χ1) is 20.6. The van der Waals surface area contributed by atoms with Gasteiger partial charge in [-0.1, -0.05) is 36.3 Å². The van der Waals surface area contributed by atoms with Crippen molar-refractivity contribution in [3.05, 3.63) is 58.0 Å². The van der Waals surface area contributed by atoms with Crippen LogP contribution in [-0.4, -0.2) is 68.8 Å². The number of aliphatic carboxylic acids is 1. The van der Waals surface area contributed by atoms with E-state index in [1.54, 1.807) is 7.11 Å². The molecule has 2 heterocycles. The average molecular weight is 598 g/mol. The van der Waals surface area contributed by atoms with E-state index in [0.29, 0.717) is 30.6 Å². The van der Waals surface area contributed by atoms with Crippen molar-refractivity contribution in [1.29, 1.82) is 0 Å². The monoisotopic (exact) mass is 597 g/mol. The van der Waals surface area contributed by atoms with Crippen LogP contribution in [0.15, 0.2) is 41.2 Å². The van der Waals surface area contributed by atoms with Gasteiger partial charge in [-0.3, -0.25) is 14.2 Å². The molecule has 0 saturated heterocycles. The predicted octanol–water partition coefficient (Wildman–Crippen LogP) is 1.88. The lowest BCUT2D eigenvalue weighted by atomic mass is 10.1. The molecule has 0 saturated carbocycles. The number of nitrogens with zero attached hydrogens (tertiary/aromatic N) is 3. The van der Waals surface area contributed by atoms with E-state index in [0.717, 1.165) is 29.5 Å². The number of nitrogens with one attached hydrogen (secondary N) is 3. The number of nitrogens with two attached hydrogens (primary N) is 1. The molecule has 0 spiro atoms. The molecular formula is C29H39N7O7. The quantitative estimate of drug-likeness (QED) is 0.106. The predicted molar refractivity (Wildman–Crippen MR) is 159 cm³/mol. The van der Waals surface area contributed by atoms with Gasteiger partial charge in [0.05, 0.1) is 13.2 Å². The molecule has 14 heteroatoms. The van der Waals surface area contributed by atoms with Gasteiger partial charge < -0.3 is 35.9 Å². The first kappa shape index (κ1) is 32.8. The molecule has 1 unspecified atom stereocenters. The molecule has 43 heavy (non-hydrogen) atoms. The van der Waals surface area contributed by atoms with Gasteiger partial charge in [-0.25, -0.2) is 9.59 Å². The summed E-state index contributed by atoms with van der Waals surface area (Å²) in [7, 11) is 1.54. The highest BCUT2D eigenvalue weighted by Gasteiger charge is 2.20. The Morgan fingerprint density at radius 2 is 1.77 bits per heavy atom. The van der Waals surface area contributed by atoms with Gasteiger partial charge in [-0.15, -0.1) is 6.58 Å². The Labute approximate surface area is 248 Å². The molecule has 0 radical (unpaired) electrons. The number of amides is 2. The number of anilines is 1. The summed E-state index contributed by atoms with van der Waals surface area (Å²) >= 11 is 0. The van der Waals surface area contributed by atoms with E-state index in [-0.39, 0.29) is 50.3 Å². The topological polar surface area (TPSA) is 204 Å². The zero-order valence-corrected chi connectivity index (χ0v) is 24.5. The number of H-pyrrole nitrogens is 1. The van der Waals surface area contributed by atoms with Crippen LogP contribution < -0.4 is 26.8 Å². The van der Waals surface area contributed by atoms with E-state index in [4.69, 9.17) is 15.2 Å². The number of hydrogen-bond acceptors (Lipinski definition) is 9. The zero-order valence-electron chi connectivity index (χ0n) is 24.5. The molecule has 3 aromatic rings. The number of methoxy groups -OCH3 is 1. The van der Waals surface area contributed by atoms with E-state index in [2.05, 4.69) is 32.2 Å². The number of aromatic amines is 1. The fraction of sp³-hybridized carbons (Fsp3) is 0.448. The Bertz CT molecular complexity index is 1480. The van der Waals surface area contributed by atoms with Gasteiger partial charge in [0, 0.05) is 26.5 Å². The lowest BCUT2D eigenvalue weighted by Gasteiger charge is -2.14. The number of carbonyl (C=O) groups excluding carboxylic acids is 2. The van der Waals surface area contributed by atoms with Gasteiger partial charge in [-0.05, 0) is 37.3 Å². The maximum atomic E-state index is 12.6. The summed E-state index contributed by atoms with van der Waals surface area (Å²) < 4.78 is 11.8. The van der Waals surface area contributed by atoms with Crippen LogP contribution in [-0.2, 0) is 32.2 Å². The fourth-order valence-corrected chi connectivity index (χ4v) is 4.22. The smallest absolute Gasteiger partial charge is 0.328 e. The van der Waals surface area contributed by atoms with Crippen molar-refractivity contribution in [3.63, 3.8) is 0 Å². The number of ether oxygens (including phenoxy) is 2. The van der Waals surface area contributed by atoms with Gasteiger partial charge >= 0.3 is 17.7 Å². The molecular weight excluding hydrogens is 558 g/mol. The van der Waals surface area contributed by atoms with Crippen LogP contribution in [0, 0.1) is 0 Å². The maximum Gasteiger partial charge on any atom is 0.328 e. The maximum absolute atomic E-state index is 12.6. The van der Waals surface area contributed by atoms with Crippen LogP contribution in [0.4, 0.5) is 5.82 Å². The van der Waals surface area contributed by atoms with E-state index < -0.39 is 23.6 Å². The second-order valence-corrected chi connectivity index (χ2v) is 10.2.